The van der Waals surface area contributed by atoms with E-state index in [0.717, 1.165) is 82.5 Å². The van der Waals surface area contributed by atoms with Crippen molar-refractivity contribution in [3.63, 3.8) is 0 Å². The average molecular weight is 435 g/mol. The predicted molar refractivity (Wildman–Crippen MR) is 122 cm³/mol. The molecule has 1 aromatic rings. The number of aliphatic imine (C=N–C) groups is 1. The van der Waals surface area contributed by atoms with E-state index in [-0.39, 0.29) is 0 Å². The van der Waals surface area contributed by atoms with Gasteiger partial charge in [0.25, 0.3) is 0 Å². The highest BCUT2D eigenvalue weighted by molar-refractivity contribution is 5.79. The zero-order valence-corrected chi connectivity index (χ0v) is 19.2. The molecule has 0 amide bonds. The van der Waals surface area contributed by atoms with Crippen LogP contribution in [-0.4, -0.2) is 83.7 Å². The Kier molecular flexibility index (Phi) is 9.71. The molecule has 8 heteroatoms. The molecule has 8 nitrogen and oxygen atoms in total. The summed E-state index contributed by atoms with van der Waals surface area (Å²) in [7, 11) is 5.19. The summed E-state index contributed by atoms with van der Waals surface area (Å²) in [6, 6.07) is 6.44. The van der Waals surface area contributed by atoms with Crippen molar-refractivity contribution in [2.45, 2.75) is 44.4 Å². The van der Waals surface area contributed by atoms with Crippen molar-refractivity contribution in [1.29, 1.82) is 0 Å². The smallest absolute Gasteiger partial charge is 0.191 e. The normalized spacial score (nSPS) is 22.0. The molecular weight excluding hydrogens is 396 g/mol. The molecule has 0 spiro atoms. The molecule has 2 aliphatic heterocycles. The van der Waals surface area contributed by atoms with Gasteiger partial charge in [-0.2, -0.15) is 0 Å². The summed E-state index contributed by atoms with van der Waals surface area (Å²) < 4.78 is 22.1. The van der Waals surface area contributed by atoms with Crippen molar-refractivity contribution in [2.75, 3.05) is 60.7 Å². The van der Waals surface area contributed by atoms with Gasteiger partial charge in [0.1, 0.15) is 11.5 Å². The Hall–Kier alpha value is -2.03. The van der Waals surface area contributed by atoms with E-state index in [4.69, 9.17) is 18.9 Å². The Balaban J connectivity index is 1.33. The number of ether oxygens (including phenoxy) is 4. The lowest BCUT2D eigenvalue weighted by Crippen LogP contribution is -2.44. The molecule has 2 atom stereocenters. The SMILES string of the molecule is CN=C(NCCCOCC1CCCO1)NC1CCN(Cc2cc(OC)cc(OC)c2)C1. The van der Waals surface area contributed by atoms with Crippen LogP contribution in [0.1, 0.15) is 31.2 Å². The van der Waals surface area contributed by atoms with Gasteiger partial charge in [-0.3, -0.25) is 9.89 Å². The summed E-state index contributed by atoms with van der Waals surface area (Å²) in [6.07, 6.45) is 4.61. The number of hydrogen-bond donors (Lipinski definition) is 2. The van der Waals surface area contributed by atoms with E-state index in [1.165, 1.54) is 5.56 Å². The van der Waals surface area contributed by atoms with Gasteiger partial charge in [-0.1, -0.05) is 0 Å². The molecule has 2 saturated heterocycles. The van der Waals surface area contributed by atoms with Gasteiger partial charge in [0.15, 0.2) is 5.96 Å². The molecule has 0 bridgehead atoms. The quantitative estimate of drug-likeness (QED) is 0.314. The fourth-order valence-electron chi connectivity index (χ4n) is 4.07. The largest absolute Gasteiger partial charge is 0.497 e. The minimum Gasteiger partial charge on any atom is -0.497 e. The van der Waals surface area contributed by atoms with E-state index >= 15 is 0 Å². The van der Waals surface area contributed by atoms with Crippen LogP contribution in [-0.2, 0) is 16.0 Å². The number of nitrogens with zero attached hydrogens (tertiary/aromatic N) is 2. The van der Waals surface area contributed by atoms with Crippen molar-refractivity contribution >= 4 is 5.96 Å². The lowest BCUT2D eigenvalue weighted by atomic mass is 10.2. The van der Waals surface area contributed by atoms with Crippen molar-refractivity contribution in [3.05, 3.63) is 23.8 Å². The number of hydrogen-bond acceptors (Lipinski definition) is 6. The van der Waals surface area contributed by atoms with Crippen molar-refractivity contribution in [1.82, 2.24) is 15.5 Å². The van der Waals surface area contributed by atoms with Crippen LogP contribution in [0, 0.1) is 0 Å². The van der Waals surface area contributed by atoms with Crippen molar-refractivity contribution < 1.29 is 18.9 Å². The first-order chi connectivity index (χ1) is 15.2. The Morgan fingerprint density at radius 3 is 2.68 bits per heavy atom. The van der Waals surface area contributed by atoms with Crippen LogP contribution < -0.4 is 20.1 Å². The van der Waals surface area contributed by atoms with Gasteiger partial charge in [-0.25, -0.2) is 0 Å². The first kappa shape index (κ1) is 23.6. The summed E-state index contributed by atoms with van der Waals surface area (Å²) in [5.41, 5.74) is 1.20. The number of benzene rings is 1. The maximum Gasteiger partial charge on any atom is 0.191 e. The highest BCUT2D eigenvalue weighted by atomic mass is 16.5. The van der Waals surface area contributed by atoms with E-state index in [1.54, 1.807) is 14.2 Å². The molecule has 2 unspecified atom stereocenters. The van der Waals surface area contributed by atoms with Crippen LogP contribution in [0.4, 0.5) is 0 Å². The average Bonchev–Trinajstić information content (AvgIpc) is 3.47. The molecular formula is C23H38N4O4. The van der Waals surface area contributed by atoms with Crippen LogP contribution in [0.5, 0.6) is 11.5 Å². The zero-order chi connectivity index (χ0) is 21.9. The maximum atomic E-state index is 5.72. The molecule has 3 rings (SSSR count). The van der Waals surface area contributed by atoms with Crippen LogP contribution in [0.3, 0.4) is 0 Å². The van der Waals surface area contributed by atoms with E-state index in [1.807, 2.05) is 13.1 Å². The summed E-state index contributed by atoms with van der Waals surface area (Å²) in [5, 5.41) is 6.94. The minimum absolute atomic E-state index is 0.297. The minimum atomic E-state index is 0.297. The molecule has 2 aliphatic rings. The fraction of sp³-hybridized carbons (Fsp3) is 0.696. The number of likely N-dealkylation sites (tertiary alicyclic amines) is 1. The summed E-state index contributed by atoms with van der Waals surface area (Å²) in [4.78, 5) is 6.81. The standard InChI is InChI=1S/C23H38N4O4/c1-24-23(25-8-5-10-30-17-20-6-4-11-31-20)26-19-7-9-27(16-19)15-18-12-21(28-2)14-22(13-18)29-3/h12-14,19-20H,4-11,15-17H2,1-3H3,(H2,24,25,26). The number of methoxy groups -OCH3 is 2. The highest BCUT2D eigenvalue weighted by Gasteiger charge is 2.23. The second-order valence-electron chi connectivity index (χ2n) is 8.15. The third-order valence-corrected chi connectivity index (χ3v) is 5.74. The van der Waals surface area contributed by atoms with Gasteiger partial charge >= 0.3 is 0 Å². The van der Waals surface area contributed by atoms with Crippen molar-refractivity contribution in [3.8, 4) is 11.5 Å². The number of nitrogens with one attached hydrogen (secondary N) is 2. The number of rotatable bonds is 11. The van der Waals surface area contributed by atoms with Gasteiger partial charge < -0.3 is 29.6 Å². The topological polar surface area (TPSA) is 76.6 Å². The molecule has 31 heavy (non-hydrogen) atoms. The van der Waals surface area contributed by atoms with Crippen LogP contribution >= 0.6 is 0 Å². The Morgan fingerprint density at radius 1 is 1.19 bits per heavy atom. The molecule has 2 heterocycles. The predicted octanol–water partition coefficient (Wildman–Crippen LogP) is 2.03. The molecule has 1 aromatic carbocycles. The van der Waals surface area contributed by atoms with Gasteiger partial charge in [0.2, 0.25) is 0 Å². The molecule has 174 valence electrons. The first-order valence-electron chi connectivity index (χ1n) is 11.3. The second kappa shape index (κ2) is 12.7. The fourth-order valence-corrected chi connectivity index (χ4v) is 4.07. The van der Waals surface area contributed by atoms with E-state index < -0.39 is 0 Å². The second-order valence-corrected chi connectivity index (χ2v) is 8.15. The molecule has 2 N–H and O–H groups in total. The van der Waals surface area contributed by atoms with Gasteiger partial charge in [0, 0.05) is 58.5 Å². The Bertz CT molecular complexity index is 672. The molecule has 0 aromatic heterocycles. The molecule has 0 saturated carbocycles. The summed E-state index contributed by atoms with van der Waals surface area (Å²) in [6.45, 7) is 6.07. The lowest BCUT2D eigenvalue weighted by molar-refractivity contribution is 0.0168. The van der Waals surface area contributed by atoms with Crippen LogP contribution in [0.15, 0.2) is 23.2 Å². The molecule has 2 fully saturated rings. The molecule has 0 radical (unpaired) electrons. The maximum absolute atomic E-state index is 5.72. The van der Waals surface area contributed by atoms with E-state index in [2.05, 4.69) is 32.7 Å². The van der Waals surface area contributed by atoms with Gasteiger partial charge in [-0.05, 0) is 43.4 Å². The third-order valence-electron chi connectivity index (χ3n) is 5.74. The highest BCUT2D eigenvalue weighted by Crippen LogP contribution is 2.24. The Labute approximate surface area is 186 Å². The number of guanidine groups is 1. The van der Waals surface area contributed by atoms with Crippen molar-refractivity contribution in [2.24, 2.45) is 4.99 Å². The van der Waals surface area contributed by atoms with Gasteiger partial charge in [-0.15, -0.1) is 0 Å². The monoisotopic (exact) mass is 434 g/mol. The Morgan fingerprint density at radius 2 is 2.00 bits per heavy atom. The summed E-state index contributed by atoms with van der Waals surface area (Å²) in [5.74, 6) is 2.51. The summed E-state index contributed by atoms with van der Waals surface area (Å²) >= 11 is 0. The molecule has 0 aliphatic carbocycles. The van der Waals surface area contributed by atoms with E-state index in [9.17, 15) is 0 Å². The van der Waals surface area contributed by atoms with E-state index in [0.29, 0.717) is 18.8 Å². The van der Waals surface area contributed by atoms with Crippen LogP contribution in [0.25, 0.3) is 0 Å². The lowest BCUT2D eigenvalue weighted by Gasteiger charge is -2.19. The van der Waals surface area contributed by atoms with Gasteiger partial charge in [0.05, 0.1) is 26.9 Å². The first-order valence-corrected chi connectivity index (χ1v) is 11.3. The third kappa shape index (κ3) is 7.87. The van der Waals surface area contributed by atoms with Crippen LogP contribution in [0.2, 0.25) is 0 Å². The zero-order valence-electron chi connectivity index (χ0n) is 19.2.